The van der Waals surface area contributed by atoms with E-state index in [-0.39, 0.29) is 5.91 Å². The van der Waals surface area contributed by atoms with Gasteiger partial charge in [-0.3, -0.25) is 4.79 Å². The molecule has 0 bridgehead atoms. The van der Waals surface area contributed by atoms with Gasteiger partial charge >= 0.3 is 0 Å². The molecule has 5 nitrogen and oxygen atoms in total. The highest BCUT2D eigenvalue weighted by Gasteiger charge is 2.16. The first-order chi connectivity index (χ1) is 16.2. The molecule has 0 spiro atoms. The topological polar surface area (TPSA) is 59.5 Å². The van der Waals surface area contributed by atoms with E-state index in [0.717, 1.165) is 33.9 Å². The van der Waals surface area contributed by atoms with Crippen LogP contribution in [0.4, 0.5) is 0 Å². The van der Waals surface area contributed by atoms with Gasteiger partial charge in [-0.05, 0) is 54.3 Å². The third-order valence-electron chi connectivity index (χ3n) is 5.85. The summed E-state index contributed by atoms with van der Waals surface area (Å²) in [5.41, 5.74) is 7.40. The number of hydrogen-bond acceptors (Lipinski definition) is 3. The molecule has 0 saturated heterocycles. The number of nitrogens with one attached hydrogen (secondary N) is 1. The Morgan fingerprint density at radius 1 is 0.939 bits per heavy atom. The first-order valence-electron chi connectivity index (χ1n) is 11.1. The van der Waals surface area contributed by atoms with Gasteiger partial charge in [-0.1, -0.05) is 54.6 Å². The van der Waals surface area contributed by atoms with Gasteiger partial charge in [0.05, 0.1) is 24.2 Å². The van der Waals surface area contributed by atoms with Gasteiger partial charge in [0.2, 0.25) is 5.91 Å². The number of furan rings is 1. The quantitative estimate of drug-likeness (QED) is 0.350. The second-order valence-electron chi connectivity index (χ2n) is 8.09. The van der Waals surface area contributed by atoms with Crippen LogP contribution in [0.2, 0.25) is 0 Å². The predicted molar refractivity (Wildman–Crippen MR) is 130 cm³/mol. The number of benzene rings is 2. The molecule has 2 aromatic carbocycles. The molecule has 5 rings (SSSR count). The Hall–Kier alpha value is -4.12. The zero-order valence-electron chi connectivity index (χ0n) is 18.5. The van der Waals surface area contributed by atoms with Crippen LogP contribution in [0.1, 0.15) is 23.4 Å². The number of aryl methyl sites for hydroxylation is 2. The molecular formula is C28H25N3O2. The lowest BCUT2D eigenvalue weighted by molar-refractivity contribution is -0.121. The van der Waals surface area contributed by atoms with Gasteiger partial charge in [0.25, 0.3) is 0 Å². The van der Waals surface area contributed by atoms with Gasteiger partial charge in [-0.2, -0.15) is 0 Å². The highest BCUT2D eigenvalue weighted by Crippen LogP contribution is 2.29. The Kier molecular flexibility index (Phi) is 5.77. The average molecular weight is 436 g/mol. The molecule has 1 N–H and O–H groups in total. The highest BCUT2D eigenvalue weighted by atomic mass is 16.3. The Morgan fingerprint density at radius 2 is 1.76 bits per heavy atom. The van der Waals surface area contributed by atoms with Crippen LogP contribution < -0.4 is 5.32 Å². The zero-order chi connectivity index (χ0) is 22.6. The van der Waals surface area contributed by atoms with Crippen LogP contribution in [0.5, 0.6) is 0 Å². The van der Waals surface area contributed by atoms with Gasteiger partial charge in [-0.15, -0.1) is 0 Å². The molecule has 3 heterocycles. The number of pyridine rings is 1. The number of carbonyl (C=O) groups excluding carboxylic acids is 1. The van der Waals surface area contributed by atoms with Crippen molar-refractivity contribution in [1.82, 2.24) is 14.7 Å². The Bertz CT molecular complexity index is 1390. The smallest absolute Gasteiger partial charge is 0.220 e. The minimum atomic E-state index is -0.0181. The van der Waals surface area contributed by atoms with Crippen molar-refractivity contribution in [3.8, 4) is 22.4 Å². The molecule has 33 heavy (non-hydrogen) atoms. The normalized spacial score (nSPS) is 11.1. The lowest BCUT2D eigenvalue weighted by atomic mass is 10.0. The van der Waals surface area contributed by atoms with Gasteiger partial charge in [0.1, 0.15) is 11.4 Å². The van der Waals surface area contributed by atoms with Crippen LogP contribution in [0, 0.1) is 6.92 Å². The Morgan fingerprint density at radius 3 is 2.55 bits per heavy atom. The number of hydrogen-bond donors (Lipinski definition) is 1. The van der Waals surface area contributed by atoms with Crippen molar-refractivity contribution in [3.63, 3.8) is 0 Å². The molecule has 0 radical (unpaired) electrons. The molecule has 3 aromatic heterocycles. The van der Waals surface area contributed by atoms with Gasteiger partial charge in [0, 0.05) is 18.2 Å². The van der Waals surface area contributed by atoms with E-state index in [0.29, 0.717) is 19.4 Å². The van der Waals surface area contributed by atoms with E-state index in [2.05, 4.69) is 71.4 Å². The van der Waals surface area contributed by atoms with Crippen molar-refractivity contribution in [3.05, 3.63) is 108 Å². The Balaban J connectivity index is 1.49. The maximum absolute atomic E-state index is 12.6. The maximum Gasteiger partial charge on any atom is 0.220 e. The molecule has 0 unspecified atom stereocenters. The summed E-state index contributed by atoms with van der Waals surface area (Å²) in [6, 6.07) is 26.3. The summed E-state index contributed by atoms with van der Waals surface area (Å²) >= 11 is 0. The molecule has 0 aliphatic rings. The summed E-state index contributed by atoms with van der Waals surface area (Å²) < 4.78 is 7.43. The van der Waals surface area contributed by atoms with E-state index in [1.54, 1.807) is 6.26 Å². The monoisotopic (exact) mass is 435 g/mol. The SMILES string of the molecule is Cc1ccccc1-c1ccc2nc(-c3ccccc3)c(CCC(=O)NCc3ccco3)n2c1. The number of nitrogens with zero attached hydrogens (tertiary/aromatic N) is 2. The maximum atomic E-state index is 12.6. The van der Waals surface area contributed by atoms with Gasteiger partial charge in [-0.25, -0.2) is 4.98 Å². The zero-order valence-corrected chi connectivity index (χ0v) is 18.5. The molecular weight excluding hydrogens is 410 g/mol. The number of rotatable bonds is 7. The van der Waals surface area contributed by atoms with Crippen molar-refractivity contribution >= 4 is 11.6 Å². The number of fused-ring (bicyclic) bond motifs is 1. The minimum absolute atomic E-state index is 0.0181. The number of aromatic nitrogens is 2. The summed E-state index contributed by atoms with van der Waals surface area (Å²) in [6.45, 7) is 2.51. The molecule has 5 heteroatoms. The van der Waals surface area contributed by atoms with Crippen molar-refractivity contribution in [2.24, 2.45) is 0 Å². The lowest BCUT2D eigenvalue weighted by Gasteiger charge is -2.09. The van der Waals surface area contributed by atoms with Crippen molar-refractivity contribution in [2.45, 2.75) is 26.3 Å². The third kappa shape index (κ3) is 4.44. The van der Waals surface area contributed by atoms with Gasteiger partial charge < -0.3 is 14.1 Å². The first kappa shape index (κ1) is 20.8. The van der Waals surface area contributed by atoms with Crippen LogP contribution in [-0.2, 0) is 17.8 Å². The standard InChI is InChI=1S/C28H25N3O2/c1-20-8-5-6-12-24(20)22-13-15-26-30-28(21-9-3-2-4-10-21)25(31(26)19-22)14-16-27(32)29-18-23-11-7-17-33-23/h2-13,15,17,19H,14,16,18H2,1H3,(H,29,32). The molecule has 0 aliphatic carbocycles. The minimum Gasteiger partial charge on any atom is -0.467 e. The number of amides is 1. The molecule has 1 amide bonds. The van der Waals surface area contributed by atoms with Crippen molar-refractivity contribution in [1.29, 1.82) is 0 Å². The van der Waals surface area contributed by atoms with E-state index in [9.17, 15) is 4.79 Å². The van der Waals surface area contributed by atoms with Crippen LogP contribution in [0.25, 0.3) is 28.0 Å². The van der Waals surface area contributed by atoms with Crippen LogP contribution in [0.3, 0.4) is 0 Å². The van der Waals surface area contributed by atoms with E-state index in [1.165, 1.54) is 11.1 Å². The fourth-order valence-corrected chi connectivity index (χ4v) is 4.13. The fourth-order valence-electron chi connectivity index (χ4n) is 4.13. The van der Waals surface area contributed by atoms with E-state index in [1.807, 2.05) is 30.3 Å². The average Bonchev–Trinajstić information content (AvgIpc) is 3.50. The molecule has 164 valence electrons. The molecule has 0 atom stereocenters. The van der Waals surface area contributed by atoms with Gasteiger partial charge in [0.15, 0.2) is 0 Å². The van der Waals surface area contributed by atoms with E-state index < -0.39 is 0 Å². The van der Waals surface area contributed by atoms with Crippen LogP contribution in [-0.4, -0.2) is 15.3 Å². The van der Waals surface area contributed by atoms with Crippen molar-refractivity contribution < 1.29 is 9.21 Å². The fraction of sp³-hybridized carbons (Fsp3) is 0.143. The summed E-state index contributed by atoms with van der Waals surface area (Å²) in [6.07, 6.45) is 4.68. The lowest BCUT2D eigenvalue weighted by Crippen LogP contribution is -2.23. The Labute approximate surface area is 192 Å². The van der Waals surface area contributed by atoms with E-state index in [4.69, 9.17) is 9.40 Å². The highest BCUT2D eigenvalue weighted by molar-refractivity contribution is 5.77. The molecule has 5 aromatic rings. The van der Waals surface area contributed by atoms with Crippen LogP contribution >= 0.6 is 0 Å². The number of imidazole rings is 1. The number of carbonyl (C=O) groups is 1. The molecule has 0 fully saturated rings. The van der Waals surface area contributed by atoms with Crippen molar-refractivity contribution in [2.75, 3.05) is 0 Å². The molecule has 0 saturated carbocycles. The largest absolute Gasteiger partial charge is 0.467 e. The van der Waals surface area contributed by atoms with Crippen LogP contribution in [0.15, 0.2) is 95.7 Å². The summed E-state index contributed by atoms with van der Waals surface area (Å²) in [4.78, 5) is 17.5. The summed E-state index contributed by atoms with van der Waals surface area (Å²) in [5, 5.41) is 2.94. The summed E-state index contributed by atoms with van der Waals surface area (Å²) in [5.74, 6) is 0.724. The molecule has 0 aliphatic heterocycles. The third-order valence-corrected chi connectivity index (χ3v) is 5.85. The predicted octanol–water partition coefficient (Wildman–Crippen LogP) is 5.82. The van der Waals surface area contributed by atoms with E-state index >= 15 is 0 Å². The second-order valence-corrected chi connectivity index (χ2v) is 8.09. The first-order valence-corrected chi connectivity index (χ1v) is 11.1. The summed E-state index contributed by atoms with van der Waals surface area (Å²) in [7, 11) is 0. The second kappa shape index (κ2) is 9.17.